The van der Waals surface area contributed by atoms with E-state index in [1.165, 1.54) is 11.3 Å². The Bertz CT molecular complexity index is 843. The van der Waals surface area contributed by atoms with Gasteiger partial charge in [-0.05, 0) is 42.1 Å². The van der Waals surface area contributed by atoms with Crippen LogP contribution in [0.25, 0.3) is 10.7 Å². The number of ether oxygens (including phenoxy) is 1. The number of methoxy groups -OCH3 is 1. The van der Waals surface area contributed by atoms with Gasteiger partial charge in [-0.25, -0.2) is 0 Å². The summed E-state index contributed by atoms with van der Waals surface area (Å²) in [6.07, 6.45) is 0. The van der Waals surface area contributed by atoms with Crippen molar-refractivity contribution in [3.8, 4) is 16.5 Å². The summed E-state index contributed by atoms with van der Waals surface area (Å²) in [4.78, 5) is 19.3. The Balaban J connectivity index is 1.71. The second-order valence-electron chi connectivity index (χ2n) is 5.33. The number of carbonyl (C=O) groups is 1. The van der Waals surface area contributed by atoms with Gasteiger partial charge in [-0.2, -0.15) is 4.98 Å². The highest BCUT2D eigenvalue weighted by Crippen LogP contribution is 2.22. The van der Waals surface area contributed by atoms with E-state index in [-0.39, 0.29) is 12.5 Å². The molecule has 1 amide bonds. The number of thiophene rings is 1. The van der Waals surface area contributed by atoms with Crippen LogP contribution in [0.15, 0.2) is 40.2 Å². The van der Waals surface area contributed by atoms with Gasteiger partial charge in [-0.3, -0.25) is 4.79 Å². The molecule has 2 heterocycles. The van der Waals surface area contributed by atoms with Gasteiger partial charge in [0.15, 0.2) is 0 Å². The molecule has 0 aliphatic carbocycles. The standard InChI is InChI=1S/C17H17N3O3S/c1-11-9-12(6-7-13(11)22-3)17(21)20(2)10-15-18-16(19-23-15)14-5-4-8-24-14/h4-9H,10H2,1-3H3. The van der Waals surface area contributed by atoms with E-state index in [0.717, 1.165) is 16.2 Å². The summed E-state index contributed by atoms with van der Waals surface area (Å²) in [7, 11) is 3.31. The van der Waals surface area contributed by atoms with Crippen molar-refractivity contribution in [2.24, 2.45) is 0 Å². The quantitative estimate of drug-likeness (QED) is 0.710. The third-order valence-corrected chi connectivity index (χ3v) is 4.44. The van der Waals surface area contributed by atoms with E-state index in [4.69, 9.17) is 9.26 Å². The average Bonchev–Trinajstić information content (AvgIpc) is 3.25. The molecule has 0 saturated carbocycles. The summed E-state index contributed by atoms with van der Waals surface area (Å²) >= 11 is 1.54. The lowest BCUT2D eigenvalue weighted by Gasteiger charge is -2.15. The van der Waals surface area contributed by atoms with Crippen LogP contribution in [-0.2, 0) is 6.54 Å². The van der Waals surface area contributed by atoms with Crippen molar-refractivity contribution in [1.82, 2.24) is 15.0 Å². The maximum absolute atomic E-state index is 12.5. The molecule has 0 aliphatic rings. The second kappa shape index (κ2) is 6.84. The fourth-order valence-corrected chi connectivity index (χ4v) is 2.98. The Morgan fingerprint density at radius 1 is 1.38 bits per heavy atom. The van der Waals surface area contributed by atoms with Crippen molar-refractivity contribution in [3.05, 3.63) is 52.7 Å². The maximum atomic E-state index is 12.5. The van der Waals surface area contributed by atoms with Crippen molar-refractivity contribution < 1.29 is 14.1 Å². The van der Waals surface area contributed by atoms with Gasteiger partial charge in [0.05, 0.1) is 18.5 Å². The molecule has 6 nitrogen and oxygen atoms in total. The lowest BCUT2D eigenvalue weighted by Crippen LogP contribution is -2.26. The zero-order valence-corrected chi connectivity index (χ0v) is 14.5. The molecule has 2 aromatic heterocycles. The van der Waals surface area contributed by atoms with Gasteiger partial charge in [0.2, 0.25) is 11.7 Å². The molecule has 7 heteroatoms. The first-order valence-corrected chi connectivity index (χ1v) is 8.23. The third-order valence-electron chi connectivity index (χ3n) is 3.57. The molecule has 0 unspecified atom stereocenters. The topological polar surface area (TPSA) is 68.5 Å². The minimum absolute atomic E-state index is 0.114. The second-order valence-corrected chi connectivity index (χ2v) is 6.28. The Hall–Kier alpha value is -2.67. The monoisotopic (exact) mass is 343 g/mol. The molecule has 0 atom stereocenters. The number of amides is 1. The molecular formula is C17H17N3O3S. The number of carbonyl (C=O) groups excluding carboxylic acids is 1. The first-order valence-electron chi connectivity index (χ1n) is 7.35. The predicted molar refractivity (Wildman–Crippen MR) is 91.1 cm³/mol. The van der Waals surface area contributed by atoms with E-state index in [0.29, 0.717) is 17.3 Å². The van der Waals surface area contributed by atoms with Crippen LogP contribution in [-0.4, -0.2) is 35.1 Å². The summed E-state index contributed by atoms with van der Waals surface area (Å²) in [5, 5.41) is 5.90. The number of aryl methyl sites for hydroxylation is 1. The molecule has 0 spiro atoms. The van der Waals surface area contributed by atoms with Crippen LogP contribution in [0.2, 0.25) is 0 Å². The Labute approximate surface area is 143 Å². The van der Waals surface area contributed by atoms with Crippen LogP contribution in [0.1, 0.15) is 21.8 Å². The van der Waals surface area contributed by atoms with Crippen molar-refractivity contribution in [2.45, 2.75) is 13.5 Å². The van der Waals surface area contributed by atoms with E-state index >= 15 is 0 Å². The zero-order valence-electron chi connectivity index (χ0n) is 13.6. The number of rotatable bonds is 5. The van der Waals surface area contributed by atoms with E-state index < -0.39 is 0 Å². The number of nitrogens with zero attached hydrogens (tertiary/aromatic N) is 3. The van der Waals surface area contributed by atoms with Crippen LogP contribution in [0, 0.1) is 6.92 Å². The van der Waals surface area contributed by atoms with E-state index in [2.05, 4.69) is 10.1 Å². The van der Waals surface area contributed by atoms with Crippen LogP contribution in [0.4, 0.5) is 0 Å². The summed E-state index contributed by atoms with van der Waals surface area (Å²) in [6.45, 7) is 2.16. The normalized spacial score (nSPS) is 10.6. The molecule has 0 saturated heterocycles. The third kappa shape index (κ3) is 3.30. The minimum Gasteiger partial charge on any atom is -0.496 e. The lowest BCUT2D eigenvalue weighted by molar-refractivity contribution is 0.0769. The zero-order chi connectivity index (χ0) is 17.1. The Morgan fingerprint density at radius 2 is 2.21 bits per heavy atom. The molecule has 0 aliphatic heterocycles. The number of hydrogen-bond acceptors (Lipinski definition) is 6. The molecule has 3 aromatic rings. The molecule has 24 heavy (non-hydrogen) atoms. The molecule has 0 bridgehead atoms. The van der Waals surface area contributed by atoms with Gasteiger partial charge in [0.25, 0.3) is 5.91 Å². The Kier molecular flexibility index (Phi) is 4.61. The average molecular weight is 343 g/mol. The Morgan fingerprint density at radius 3 is 2.88 bits per heavy atom. The molecule has 0 radical (unpaired) electrons. The molecule has 3 rings (SSSR count). The van der Waals surface area contributed by atoms with Gasteiger partial charge >= 0.3 is 0 Å². The maximum Gasteiger partial charge on any atom is 0.254 e. The van der Waals surface area contributed by atoms with E-state index in [9.17, 15) is 4.79 Å². The highest BCUT2D eigenvalue weighted by molar-refractivity contribution is 7.13. The van der Waals surface area contributed by atoms with Crippen molar-refractivity contribution in [1.29, 1.82) is 0 Å². The van der Waals surface area contributed by atoms with Crippen molar-refractivity contribution in [2.75, 3.05) is 14.2 Å². The molecule has 124 valence electrons. The van der Waals surface area contributed by atoms with Crippen LogP contribution in [0.3, 0.4) is 0 Å². The van der Waals surface area contributed by atoms with Gasteiger partial charge in [-0.15, -0.1) is 11.3 Å². The van der Waals surface area contributed by atoms with Crippen molar-refractivity contribution >= 4 is 17.2 Å². The first kappa shape index (κ1) is 16.2. The van der Waals surface area contributed by atoms with Crippen LogP contribution >= 0.6 is 11.3 Å². The van der Waals surface area contributed by atoms with E-state index in [1.54, 1.807) is 31.2 Å². The number of aromatic nitrogens is 2. The summed E-state index contributed by atoms with van der Waals surface area (Å²) in [6, 6.07) is 9.20. The van der Waals surface area contributed by atoms with Crippen molar-refractivity contribution in [3.63, 3.8) is 0 Å². The highest BCUT2D eigenvalue weighted by Gasteiger charge is 2.17. The number of benzene rings is 1. The molecule has 1 aromatic carbocycles. The first-order chi connectivity index (χ1) is 11.6. The summed E-state index contributed by atoms with van der Waals surface area (Å²) < 4.78 is 10.5. The predicted octanol–water partition coefficient (Wildman–Crippen LogP) is 3.39. The van der Waals surface area contributed by atoms with E-state index in [1.807, 2.05) is 30.5 Å². The molecule has 0 fully saturated rings. The number of hydrogen-bond donors (Lipinski definition) is 0. The van der Waals surface area contributed by atoms with Gasteiger partial charge < -0.3 is 14.2 Å². The van der Waals surface area contributed by atoms with Gasteiger partial charge in [0.1, 0.15) is 5.75 Å². The molecular weight excluding hydrogens is 326 g/mol. The highest BCUT2D eigenvalue weighted by atomic mass is 32.1. The summed E-state index contributed by atoms with van der Waals surface area (Å²) in [5.74, 6) is 1.59. The van der Waals surface area contributed by atoms with Gasteiger partial charge in [0, 0.05) is 12.6 Å². The van der Waals surface area contributed by atoms with Crippen LogP contribution in [0.5, 0.6) is 5.75 Å². The smallest absolute Gasteiger partial charge is 0.254 e. The molecule has 0 N–H and O–H groups in total. The fourth-order valence-electron chi connectivity index (χ4n) is 2.33. The van der Waals surface area contributed by atoms with Crippen LogP contribution < -0.4 is 4.74 Å². The fraction of sp³-hybridized carbons (Fsp3) is 0.235. The largest absolute Gasteiger partial charge is 0.496 e. The minimum atomic E-state index is -0.114. The van der Waals surface area contributed by atoms with Gasteiger partial charge in [-0.1, -0.05) is 11.2 Å². The summed E-state index contributed by atoms with van der Waals surface area (Å²) in [5.41, 5.74) is 1.50. The SMILES string of the molecule is COc1ccc(C(=O)N(C)Cc2nc(-c3cccs3)no2)cc1C. The lowest BCUT2D eigenvalue weighted by atomic mass is 10.1.